The Kier molecular flexibility index (Phi) is 2.80. The normalized spacial score (nSPS) is 11.1. The summed E-state index contributed by atoms with van der Waals surface area (Å²) >= 11 is 0. The second-order valence-corrected chi connectivity index (χ2v) is 4.03. The van der Waals surface area contributed by atoms with Crippen molar-refractivity contribution in [1.29, 1.82) is 0 Å². The number of aromatic nitrogens is 1. The molecule has 0 radical (unpaired) electrons. The molecule has 3 rings (SSSR count). The van der Waals surface area contributed by atoms with Gasteiger partial charge in [-0.25, -0.2) is 0 Å². The van der Waals surface area contributed by atoms with Crippen molar-refractivity contribution in [3.05, 3.63) is 66.4 Å². The minimum absolute atomic E-state index is 0.979. The smallest absolute Gasteiger partial charge is 0.0565 e. The molecule has 88 valence electrons. The molecule has 3 heteroatoms. The standard InChI is InChI=1S/C15H13N3/c1-2-7-14(8-3-1)18-17-11-13-6-4-5-12-9-10-16-15(12)13/h1-11,16,18H. The third-order valence-electron chi connectivity index (χ3n) is 2.79. The maximum atomic E-state index is 4.25. The zero-order valence-electron chi connectivity index (χ0n) is 9.80. The number of hydrogen-bond donors (Lipinski definition) is 2. The van der Waals surface area contributed by atoms with E-state index in [1.165, 1.54) is 5.39 Å². The van der Waals surface area contributed by atoms with E-state index >= 15 is 0 Å². The number of hydrogen-bond acceptors (Lipinski definition) is 2. The Bertz CT molecular complexity index is 668. The topological polar surface area (TPSA) is 40.2 Å². The Morgan fingerprint density at radius 1 is 0.944 bits per heavy atom. The Labute approximate surface area is 105 Å². The number of aromatic amines is 1. The number of rotatable bonds is 3. The third-order valence-corrected chi connectivity index (χ3v) is 2.79. The lowest BCUT2D eigenvalue weighted by Gasteiger charge is -1.99. The summed E-state index contributed by atoms with van der Waals surface area (Å²) in [6, 6.07) is 18.1. The van der Waals surface area contributed by atoms with Crippen LogP contribution in [0.2, 0.25) is 0 Å². The fourth-order valence-electron chi connectivity index (χ4n) is 1.91. The van der Waals surface area contributed by atoms with Crippen LogP contribution in [0.5, 0.6) is 0 Å². The molecule has 0 amide bonds. The van der Waals surface area contributed by atoms with E-state index in [9.17, 15) is 0 Å². The van der Waals surface area contributed by atoms with Gasteiger partial charge in [0.05, 0.1) is 17.4 Å². The quantitative estimate of drug-likeness (QED) is 0.528. The van der Waals surface area contributed by atoms with E-state index in [0.29, 0.717) is 0 Å². The number of nitrogens with zero attached hydrogens (tertiary/aromatic N) is 1. The van der Waals surface area contributed by atoms with Gasteiger partial charge >= 0.3 is 0 Å². The SMILES string of the molecule is C(=NNc1ccccc1)c1cccc2cc[nH]c12. The Hall–Kier alpha value is -2.55. The van der Waals surface area contributed by atoms with E-state index in [-0.39, 0.29) is 0 Å². The van der Waals surface area contributed by atoms with Crippen LogP contribution in [0.4, 0.5) is 5.69 Å². The Morgan fingerprint density at radius 3 is 2.72 bits per heavy atom. The minimum atomic E-state index is 0.979. The lowest BCUT2D eigenvalue weighted by molar-refractivity contribution is 1.35. The van der Waals surface area contributed by atoms with Gasteiger partial charge in [0.1, 0.15) is 0 Å². The predicted molar refractivity (Wildman–Crippen MR) is 76.0 cm³/mol. The maximum Gasteiger partial charge on any atom is 0.0565 e. The molecule has 18 heavy (non-hydrogen) atoms. The van der Waals surface area contributed by atoms with E-state index in [4.69, 9.17) is 0 Å². The molecule has 0 unspecified atom stereocenters. The van der Waals surface area contributed by atoms with Gasteiger partial charge in [-0.2, -0.15) is 5.10 Å². The second kappa shape index (κ2) is 4.75. The molecule has 2 N–H and O–H groups in total. The van der Waals surface area contributed by atoms with E-state index in [0.717, 1.165) is 16.8 Å². The number of fused-ring (bicyclic) bond motifs is 1. The molecule has 0 aliphatic heterocycles. The fraction of sp³-hybridized carbons (Fsp3) is 0. The van der Waals surface area contributed by atoms with Crippen molar-refractivity contribution in [3.63, 3.8) is 0 Å². The highest BCUT2D eigenvalue weighted by Gasteiger charge is 1.98. The predicted octanol–water partition coefficient (Wildman–Crippen LogP) is 3.61. The average Bonchev–Trinajstić information content (AvgIpc) is 2.89. The molecule has 0 fully saturated rings. The van der Waals surface area contributed by atoms with Crippen molar-refractivity contribution in [3.8, 4) is 0 Å². The maximum absolute atomic E-state index is 4.25. The highest BCUT2D eigenvalue weighted by atomic mass is 15.3. The molecular formula is C15H13N3. The summed E-state index contributed by atoms with van der Waals surface area (Å²) in [5.41, 5.74) is 6.16. The van der Waals surface area contributed by atoms with Gasteiger partial charge in [-0.1, -0.05) is 36.4 Å². The van der Waals surface area contributed by atoms with Crippen molar-refractivity contribution in [2.75, 3.05) is 5.43 Å². The lowest BCUT2D eigenvalue weighted by Crippen LogP contribution is -1.90. The highest BCUT2D eigenvalue weighted by Crippen LogP contribution is 2.15. The van der Waals surface area contributed by atoms with Gasteiger partial charge in [0, 0.05) is 17.1 Å². The summed E-state index contributed by atoms with van der Waals surface area (Å²) in [6.45, 7) is 0. The van der Waals surface area contributed by atoms with Crippen LogP contribution >= 0.6 is 0 Å². The van der Waals surface area contributed by atoms with Crippen LogP contribution in [0, 0.1) is 0 Å². The summed E-state index contributed by atoms with van der Waals surface area (Å²) in [7, 11) is 0. The van der Waals surface area contributed by atoms with Gasteiger partial charge in [-0.05, 0) is 18.2 Å². The number of benzene rings is 2. The van der Waals surface area contributed by atoms with Gasteiger partial charge in [-0.15, -0.1) is 0 Å². The molecule has 3 aromatic rings. The zero-order chi connectivity index (χ0) is 12.2. The third kappa shape index (κ3) is 2.11. The molecule has 0 bridgehead atoms. The van der Waals surface area contributed by atoms with Crippen molar-refractivity contribution < 1.29 is 0 Å². The first-order chi connectivity index (χ1) is 8.93. The van der Waals surface area contributed by atoms with E-state index in [2.05, 4.69) is 27.6 Å². The average molecular weight is 235 g/mol. The van der Waals surface area contributed by atoms with Crippen molar-refractivity contribution >= 4 is 22.8 Å². The monoisotopic (exact) mass is 235 g/mol. The van der Waals surface area contributed by atoms with Crippen molar-refractivity contribution in [1.82, 2.24) is 4.98 Å². The van der Waals surface area contributed by atoms with Crippen LogP contribution in [-0.4, -0.2) is 11.2 Å². The molecular weight excluding hydrogens is 222 g/mol. The summed E-state index contributed by atoms with van der Waals surface area (Å²) in [5, 5.41) is 5.44. The van der Waals surface area contributed by atoms with Crippen molar-refractivity contribution in [2.45, 2.75) is 0 Å². The van der Waals surface area contributed by atoms with Crippen LogP contribution in [-0.2, 0) is 0 Å². The van der Waals surface area contributed by atoms with Crippen LogP contribution in [0.15, 0.2) is 65.9 Å². The first-order valence-electron chi connectivity index (χ1n) is 5.84. The molecule has 1 heterocycles. The fourth-order valence-corrected chi connectivity index (χ4v) is 1.91. The number of para-hydroxylation sites is 2. The largest absolute Gasteiger partial charge is 0.361 e. The number of hydrazone groups is 1. The Morgan fingerprint density at radius 2 is 1.83 bits per heavy atom. The molecule has 0 spiro atoms. The highest BCUT2D eigenvalue weighted by molar-refractivity contribution is 5.97. The number of anilines is 1. The summed E-state index contributed by atoms with van der Waals surface area (Å²) < 4.78 is 0. The van der Waals surface area contributed by atoms with Crippen LogP contribution in [0.3, 0.4) is 0 Å². The lowest BCUT2D eigenvalue weighted by atomic mass is 10.2. The van der Waals surface area contributed by atoms with Crippen LogP contribution in [0.1, 0.15) is 5.56 Å². The van der Waals surface area contributed by atoms with Crippen LogP contribution in [0.25, 0.3) is 10.9 Å². The van der Waals surface area contributed by atoms with Gasteiger partial charge in [-0.3, -0.25) is 5.43 Å². The summed E-state index contributed by atoms with van der Waals surface area (Å²) in [6.07, 6.45) is 3.76. The van der Waals surface area contributed by atoms with Gasteiger partial charge < -0.3 is 4.98 Å². The van der Waals surface area contributed by atoms with Gasteiger partial charge in [0.2, 0.25) is 0 Å². The van der Waals surface area contributed by atoms with Crippen molar-refractivity contribution in [2.24, 2.45) is 5.10 Å². The van der Waals surface area contributed by atoms with Gasteiger partial charge in [0.25, 0.3) is 0 Å². The second-order valence-electron chi connectivity index (χ2n) is 4.03. The molecule has 0 saturated heterocycles. The molecule has 0 saturated carbocycles. The molecule has 1 aromatic heterocycles. The molecule has 0 atom stereocenters. The van der Waals surface area contributed by atoms with E-state index < -0.39 is 0 Å². The Balaban J connectivity index is 1.82. The van der Waals surface area contributed by atoms with Gasteiger partial charge in [0.15, 0.2) is 0 Å². The molecule has 0 aliphatic rings. The zero-order valence-corrected chi connectivity index (χ0v) is 9.80. The summed E-state index contributed by atoms with van der Waals surface area (Å²) in [4.78, 5) is 3.22. The summed E-state index contributed by atoms with van der Waals surface area (Å²) in [5.74, 6) is 0. The molecule has 0 aliphatic carbocycles. The van der Waals surface area contributed by atoms with E-state index in [1.807, 2.05) is 54.9 Å². The molecule has 2 aromatic carbocycles. The first kappa shape index (κ1) is 10.6. The van der Waals surface area contributed by atoms with E-state index in [1.54, 1.807) is 0 Å². The minimum Gasteiger partial charge on any atom is -0.361 e. The number of nitrogens with one attached hydrogen (secondary N) is 2. The number of H-pyrrole nitrogens is 1. The van der Waals surface area contributed by atoms with Crippen LogP contribution < -0.4 is 5.43 Å². The first-order valence-corrected chi connectivity index (χ1v) is 5.84. The molecule has 3 nitrogen and oxygen atoms in total.